The molecule has 0 saturated heterocycles. The lowest BCUT2D eigenvalue weighted by Crippen LogP contribution is -2.13. The predicted octanol–water partition coefficient (Wildman–Crippen LogP) is 6.11. The summed E-state index contributed by atoms with van der Waals surface area (Å²) in [6.07, 6.45) is 0.613. The maximum atomic E-state index is 14.0. The third-order valence-corrected chi connectivity index (χ3v) is 5.95. The zero-order chi connectivity index (χ0) is 17.4. The highest BCUT2D eigenvalue weighted by Gasteiger charge is 2.16. The predicted molar refractivity (Wildman–Crippen MR) is 103 cm³/mol. The van der Waals surface area contributed by atoms with Gasteiger partial charge in [0, 0.05) is 10.4 Å². The number of halogens is 2. The van der Waals surface area contributed by atoms with Crippen molar-refractivity contribution in [3.8, 4) is 10.4 Å². The van der Waals surface area contributed by atoms with E-state index in [4.69, 9.17) is 11.6 Å². The Labute approximate surface area is 155 Å². The molecule has 2 aromatic heterocycles. The molecular weight excluding hydrogens is 379 g/mol. The molecule has 2 heterocycles. The molecule has 2 aromatic carbocycles. The van der Waals surface area contributed by atoms with Crippen molar-refractivity contribution in [1.29, 1.82) is 0 Å². The summed E-state index contributed by atoms with van der Waals surface area (Å²) in [5.74, 6) is -0.450. The Morgan fingerprint density at radius 3 is 2.80 bits per heavy atom. The van der Waals surface area contributed by atoms with Gasteiger partial charge in [0.2, 0.25) is 6.41 Å². The number of fused-ring (bicyclic) bond motifs is 1. The van der Waals surface area contributed by atoms with Crippen molar-refractivity contribution in [1.82, 2.24) is 4.98 Å². The van der Waals surface area contributed by atoms with Crippen molar-refractivity contribution in [2.75, 3.05) is 4.90 Å². The normalized spacial score (nSPS) is 11.0. The summed E-state index contributed by atoms with van der Waals surface area (Å²) >= 11 is 9.30. The summed E-state index contributed by atoms with van der Waals surface area (Å²) < 4.78 is 15.1. The molecule has 3 nitrogen and oxygen atoms in total. The smallest absolute Gasteiger partial charge is 0.219 e. The van der Waals surface area contributed by atoms with E-state index >= 15 is 0 Å². The molecule has 0 spiro atoms. The number of amides is 1. The van der Waals surface area contributed by atoms with Gasteiger partial charge >= 0.3 is 0 Å². The Morgan fingerprint density at radius 2 is 2.00 bits per heavy atom. The molecule has 124 valence electrons. The van der Waals surface area contributed by atoms with Crippen LogP contribution in [0.1, 0.15) is 0 Å². The van der Waals surface area contributed by atoms with Gasteiger partial charge in [-0.25, -0.2) is 9.37 Å². The number of hydrogen-bond donors (Lipinski definition) is 0. The molecule has 0 N–H and O–H groups in total. The van der Waals surface area contributed by atoms with Crippen LogP contribution in [0.15, 0.2) is 54.0 Å². The van der Waals surface area contributed by atoms with E-state index in [9.17, 15) is 9.18 Å². The molecular formula is C18H10ClFN2OS2. The SMILES string of the molecule is O=CN(c1ccc(-c2cc3scnc3cc2Cl)s1)c1ccccc1F. The Hall–Kier alpha value is -2.28. The molecule has 0 aliphatic rings. The molecule has 0 atom stereocenters. The monoisotopic (exact) mass is 388 g/mol. The lowest BCUT2D eigenvalue weighted by atomic mass is 10.2. The van der Waals surface area contributed by atoms with Crippen LogP contribution in [0.5, 0.6) is 0 Å². The number of nitrogens with zero attached hydrogens (tertiary/aromatic N) is 2. The van der Waals surface area contributed by atoms with Crippen molar-refractivity contribution >= 4 is 61.6 Å². The minimum Gasteiger partial charge on any atom is -0.278 e. The average Bonchev–Trinajstić information content (AvgIpc) is 3.25. The molecule has 1 amide bonds. The highest BCUT2D eigenvalue weighted by molar-refractivity contribution is 7.20. The third kappa shape index (κ3) is 2.93. The molecule has 0 unspecified atom stereocenters. The van der Waals surface area contributed by atoms with Crippen molar-refractivity contribution in [2.45, 2.75) is 0 Å². The maximum Gasteiger partial charge on any atom is 0.219 e. The Kier molecular flexibility index (Phi) is 4.25. The molecule has 0 aliphatic heterocycles. The summed E-state index contributed by atoms with van der Waals surface area (Å²) in [4.78, 5) is 18.0. The molecule has 0 saturated carbocycles. The van der Waals surface area contributed by atoms with E-state index in [1.54, 1.807) is 29.8 Å². The van der Waals surface area contributed by atoms with Gasteiger partial charge in [-0.2, -0.15) is 0 Å². The fourth-order valence-electron chi connectivity index (χ4n) is 2.54. The summed E-state index contributed by atoms with van der Waals surface area (Å²) in [5.41, 5.74) is 3.72. The molecule has 0 radical (unpaired) electrons. The lowest BCUT2D eigenvalue weighted by Gasteiger charge is -2.15. The van der Waals surface area contributed by atoms with Gasteiger partial charge in [-0.05, 0) is 36.4 Å². The minimum absolute atomic E-state index is 0.218. The van der Waals surface area contributed by atoms with E-state index in [1.165, 1.54) is 33.6 Å². The van der Waals surface area contributed by atoms with Crippen LogP contribution in [0.25, 0.3) is 20.7 Å². The van der Waals surface area contributed by atoms with Crippen molar-refractivity contribution in [3.05, 3.63) is 64.9 Å². The third-order valence-electron chi connectivity index (χ3n) is 3.73. The van der Waals surface area contributed by atoms with Crippen LogP contribution in [-0.2, 0) is 4.79 Å². The maximum absolute atomic E-state index is 14.0. The number of hydrogen-bond acceptors (Lipinski definition) is 4. The molecule has 4 aromatic rings. The fourth-order valence-corrected chi connectivity index (χ4v) is 4.57. The highest BCUT2D eigenvalue weighted by atomic mass is 35.5. The van der Waals surface area contributed by atoms with Gasteiger partial charge in [0.25, 0.3) is 0 Å². The number of thiophene rings is 1. The summed E-state index contributed by atoms with van der Waals surface area (Å²) in [6, 6.07) is 13.7. The van der Waals surface area contributed by atoms with Crippen LogP contribution in [0.2, 0.25) is 5.02 Å². The van der Waals surface area contributed by atoms with E-state index in [-0.39, 0.29) is 5.69 Å². The standard InChI is InChI=1S/C18H10ClFN2OS2/c19-12-8-14-17(24-9-21-14)7-11(12)16-5-6-18(25-16)22(10-23)15-4-2-1-3-13(15)20/h1-10H. The minimum atomic E-state index is -0.450. The van der Waals surface area contributed by atoms with Crippen LogP contribution in [0.4, 0.5) is 15.1 Å². The fraction of sp³-hybridized carbons (Fsp3) is 0. The Bertz CT molecular complexity index is 1080. The number of para-hydroxylation sites is 1. The topological polar surface area (TPSA) is 33.2 Å². The van der Waals surface area contributed by atoms with Crippen LogP contribution < -0.4 is 4.90 Å². The quantitative estimate of drug-likeness (QED) is 0.395. The van der Waals surface area contributed by atoms with Crippen LogP contribution in [-0.4, -0.2) is 11.4 Å². The second-order valence-electron chi connectivity index (χ2n) is 5.22. The van der Waals surface area contributed by atoms with Gasteiger partial charge in [-0.3, -0.25) is 9.69 Å². The Morgan fingerprint density at radius 1 is 1.16 bits per heavy atom. The second kappa shape index (κ2) is 6.55. The Balaban J connectivity index is 1.77. The van der Waals surface area contributed by atoms with E-state index in [1.807, 2.05) is 18.2 Å². The number of rotatable bonds is 4. The first-order valence-electron chi connectivity index (χ1n) is 7.29. The highest BCUT2D eigenvalue weighted by Crippen LogP contribution is 2.41. The first-order chi connectivity index (χ1) is 12.2. The van der Waals surface area contributed by atoms with Gasteiger partial charge in [0.15, 0.2) is 0 Å². The molecule has 0 fully saturated rings. The molecule has 25 heavy (non-hydrogen) atoms. The summed E-state index contributed by atoms with van der Waals surface area (Å²) in [7, 11) is 0. The van der Waals surface area contributed by atoms with E-state index in [0.717, 1.165) is 20.7 Å². The van der Waals surface area contributed by atoms with Gasteiger partial charge in [0.1, 0.15) is 10.8 Å². The van der Waals surface area contributed by atoms with Gasteiger partial charge in [0.05, 0.1) is 26.4 Å². The first-order valence-corrected chi connectivity index (χ1v) is 9.37. The van der Waals surface area contributed by atoms with E-state index in [0.29, 0.717) is 16.4 Å². The number of thiazole rings is 1. The second-order valence-corrected chi connectivity index (χ2v) is 7.57. The number of carbonyl (C=O) groups is 1. The summed E-state index contributed by atoms with van der Waals surface area (Å²) in [5, 5.41) is 1.21. The van der Waals surface area contributed by atoms with Crippen LogP contribution >= 0.6 is 34.3 Å². The molecule has 0 aliphatic carbocycles. The molecule has 4 rings (SSSR count). The van der Waals surface area contributed by atoms with Crippen molar-refractivity contribution < 1.29 is 9.18 Å². The largest absolute Gasteiger partial charge is 0.278 e. The van der Waals surface area contributed by atoms with Crippen molar-refractivity contribution in [2.24, 2.45) is 0 Å². The molecule has 7 heteroatoms. The van der Waals surface area contributed by atoms with Crippen molar-refractivity contribution in [3.63, 3.8) is 0 Å². The molecule has 0 bridgehead atoms. The zero-order valence-electron chi connectivity index (χ0n) is 12.6. The van der Waals surface area contributed by atoms with Gasteiger partial charge in [-0.1, -0.05) is 23.7 Å². The number of aromatic nitrogens is 1. The van der Waals surface area contributed by atoms with E-state index < -0.39 is 5.82 Å². The average molecular weight is 389 g/mol. The number of carbonyl (C=O) groups excluding carboxylic acids is 1. The zero-order valence-corrected chi connectivity index (χ0v) is 15.0. The lowest BCUT2D eigenvalue weighted by molar-refractivity contribution is -0.106. The number of anilines is 2. The first kappa shape index (κ1) is 16.2. The van der Waals surface area contributed by atoms with Gasteiger partial charge < -0.3 is 0 Å². The summed E-state index contributed by atoms with van der Waals surface area (Å²) in [6.45, 7) is 0. The van der Waals surface area contributed by atoms with Gasteiger partial charge in [-0.15, -0.1) is 22.7 Å². The van der Waals surface area contributed by atoms with E-state index in [2.05, 4.69) is 4.98 Å². The van der Waals surface area contributed by atoms with Crippen LogP contribution in [0.3, 0.4) is 0 Å². The number of benzene rings is 2. The van der Waals surface area contributed by atoms with Crippen LogP contribution in [0, 0.1) is 5.82 Å².